The minimum atomic E-state index is 0. The van der Waals surface area contributed by atoms with Crippen LogP contribution in [0.2, 0.25) is 0 Å². The van der Waals surface area contributed by atoms with Crippen molar-refractivity contribution in [2.45, 2.75) is 64.2 Å². The smallest absolute Gasteiger partial charge is 0.545 e. The monoisotopic (exact) mass is 276 g/mol. The van der Waals surface area contributed by atoms with E-state index in [1.807, 2.05) is 0 Å². The van der Waals surface area contributed by atoms with Gasteiger partial charge in [0.05, 0.1) is 0 Å². The Balaban J connectivity index is -0.0000000387. The molecule has 0 aliphatic heterocycles. The molecule has 0 unspecified atom stereocenters. The van der Waals surface area contributed by atoms with Crippen LogP contribution in [0.1, 0.15) is 64.2 Å². The van der Waals surface area contributed by atoms with Gasteiger partial charge in [-0.05, 0) is 0 Å². The summed E-state index contributed by atoms with van der Waals surface area (Å²) in [5, 5.41) is 0. The summed E-state index contributed by atoms with van der Waals surface area (Å²) < 4.78 is 0. The molecule has 17 heavy (non-hydrogen) atoms. The Morgan fingerprint density at radius 1 is 0.412 bits per heavy atom. The maximum Gasteiger partial charge on any atom is 4.00 e. The molecule has 0 aromatic heterocycles. The molecule has 2 saturated carbocycles. The quantitative estimate of drug-likeness (QED) is 0.376. The maximum absolute atomic E-state index is 7.75. The Morgan fingerprint density at radius 2 is 0.471 bits per heavy atom. The van der Waals surface area contributed by atoms with Gasteiger partial charge in [-0.2, -0.15) is 0 Å². The van der Waals surface area contributed by atoms with Crippen LogP contribution in [0.5, 0.6) is 0 Å². The summed E-state index contributed by atoms with van der Waals surface area (Å²) in [5.74, 6) is 0. The third-order valence-electron chi connectivity index (χ3n) is 2.50. The summed E-state index contributed by atoms with van der Waals surface area (Å²) >= 11 is 0. The third kappa shape index (κ3) is 31.4. The van der Waals surface area contributed by atoms with E-state index in [2.05, 4.69) is 13.6 Å². The summed E-state index contributed by atoms with van der Waals surface area (Å²) in [6, 6.07) is 0. The van der Waals surface area contributed by atoms with Crippen molar-refractivity contribution in [3.8, 4) is 0 Å². The molecule has 0 amide bonds. The molecule has 100 valence electrons. The molecule has 0 aromatic carbocycles. The van der Waals surface area contributed by atoms with Gasteiger partial charge in [-0.3, -0.25) is 13.6 Å². The van der Waals surface area contributed by atoms with Gasteiger partial charge in [0.25, 0.3) is 0 Å². The van der Waals surface area contributed by atoms with Crippen LogP contribution in [-0.4, -0.2) is 13.6 Å². The zero-order chi connectivity index (χ0) is 11.1. The van der Waals surface area contributed by atoms with E-state index in [0.29, 0.717) is 0 Å². The van der Waals surface area contributed by atoms with E-state index in [1.165, 1.54) is 64.2 Å². The first kappa shape index (κ1) is 30.3. The Labute approximate surface area is 124 Å². The maximum atomic E-state index is 7.75. The molecule has 0 saturated heterocycles. The molecule has 0 radical (unpaired) electrons. The molecule has 0 N–H and O–H groups in total. The zero-order valence-corrected chi connectivity index (χ0v) is 13.1. The molecule has 2 aliphatic carbocycles. The third-order valence-corrected chi connectivity index (χ3v) is 2.50. The predicted molar refractivity (Wildman–Crippen MR) is 72.5 cm³/mol. The fraction of sp³-hybridized carbons (Fsp3) is 0.714. The molecule has 2 nitrogen and oxygen atoms in total. The van der Waals surface area contributed by atoms with Crippen molar-refractivity contribution < 1.29 is 31.3 Å². The molecule has 0 atom stereocenters. The van der Waals surface area contributed by atoms with Crippen molar-refractivity contribution in [1.29, 1.82) is 0 Å². The number of rotatable bonds is 0. The largest absolute Gasteiger partial charge is 4.00 e. The van der Waals surface area contributed by atoms with Crippen LogP contribution in [0, 0.1) is 14.9 Å². The zero-order valence-electron chi connectivity index (χ0n) is 11.5. The van der Waals surface area contributed by atoms with Crippen LogP contribution in [0.15, 0.2) is 0 Å². The van der Waals surface area contributed by atoms with Crippen LogP contribution in [-0.2, 0) is 31.3 Å². The molecule has 3 heteroatoms. The molecule has 0 spiro atoms. The number of hydrogen-bond donors (Lipinski definition) is 0. The van der Waals surface area contributed by atoms with E-state index in [1.54, 1.807) is 0 Å². The van der Waals surface area contributed by atoms with Gasteiger partial charge in [-0.15, -0.1) is 0 Å². The van der Waals surface area contributed by atoms with Gasteiger partial charge in [-0.1, -0.05) is 64.2 Å². The fourth-order valence-corrected chi connectivity index (χ4v) is 1.77. The van der Waals surface area contributed by atoms with Crippen molar-refractivity contribution in [2.75, 3.05) is 0 Å². The van der Waals surface area contributed by atoms with E-state index >= 15 is 0 Å². The van der Waals surface area contributed by atoms with Crippen molar-refractivity contribution in [3.05, 3.63) is 14.9 Å². The Hall–Kier alpha value is 0.0543. The second-order valence-corrected chi connectivity index (χ2v) is 3.54. The van der Waals surface area contributed by atoms with E-state index in [0.717, 1.165) is 0 Å². The second-order valence-electron chi connectivity index (χ2n) is 3.54. The van der Waals surface area contributed by atoms with Gasteiger partial charge in [0.1, 0.15) is 0 Å². The van der Waals surface area contributed by atoms with Crippen molar-refractivity contribution in [3.63, 3.8) is 0 Å². The van der Waals surface area contributed by atoms with Crippen molar-refractivity contribution in [1.82, 2.24) is 0 Å². The van der Waals surface area contributed by atoms with Crippen LogP contribution in [0.3, 0.4) is 0 Å². The molecule has 0 bridgehead atoms. The normalized spacial score (nSPS) is 14.6. The first-order chi connectivity index (χ1) is 7.00. The van der Waals surface area contributed by atoms with Crippen LogP contribution < -0.4 is 0 Å². The van der Waals surface area contributed by atoms with E-state index < -0.39 is 0 Å². The number of hydrogen-bond acceptors (Lipinski definition) is 2. The molecule has 2 fully saturated rings. The minimum absolute atomic E-state index is 0. The van der Waals surface area contributed by atoms with Gasteiger partial charge in [-0.25, -0.2) is 0 Å². The number of carbonyl (C=O) groups excluding carboxylic acids is 2. The molecule has 0 aromatic rings. The van der Waals surface area contributed by atoms with Gasteiger partial charge in [0, 0.05) is 0 Å². The Bertz CT molecular complexity index is 65.0. The summed E-state index contributed by atoms with van der Waals surface area (Å²) in [7, 11) is 0. The average Bonchev–Trinajstić information content (AvgIpc) is 3.01. The van der Waals surface area contributed by atoms with Gasteiger partial charge >= 0.3 is 21.7 Å². The van der Waals surface area contributed by atoms with Crippen molar-refractivity contribution >= 4 is 13.6 Å². The predicted octanol–water partition coefficient (Wildman–Crippen LogP) is 4.25. The molecule has 2 rings (SSSR count). The Kier molecular flexibility index (Phi) is 64.0. The summed E-state index contributed by atoms with van der Waals surface area (Å²) in [6.45, 7) is 6.50. The van der Waals surface area contributed by atoms with Crippen molar-refractivity contribution in [2.24, 2.45) is 0 Å². The van der Waals surface area contributed by atoms with E-state index in [9.17, 15) is 0 Å². The molecule has 0 heterocycles. The van der Waals surface area contributed by atoms with Gasteiger partial charge < -0.3 is 24.4 Å². The van der Waals surface area contributed by atoms with E-state index in [-0.39, 0.29) is 36.6 Å². The van der Waals surface area contributed by atoms with Crippen LogP contribution in [0.4, 0.5) is 0 Å². The van der Waals surface area contributed by atoms with E-state index in [4.69, 9.17) is 9.59 Å². The first-order valence-electron chi connectivity index (χ1n) is 5.47. The minimum Gasteiger partial charge on any atom is -0.545 e. The molecular weight excluding hydrogens is 248 g/mol. The SMILES string of the molecule is C1CCCC1.C1CCCC1.[CH-]=O.[CH-]=O.[CH3-].[CH3-].[Ti+4]. The standard InChI is InChI=1S/2C5H10.2CHO.2CH3.Ti/c2*1-2-4-5-3-1;2*1-2;;;/h2*1-5H2;2*1H;2*1H3;/q;;4*-1;+4. The topological polar surface area (TPSA) is 34.1 Å². The fourth-order valence-electron chi connectivity index (χ4n) is 1.77. The van der Waals surface area contributed by atoms with Crippen LogP contribution in [0.25, 0.3) is 0 Å². The second kappa shape index (κ2) is 36.0. The summed E-state index contributed by atoms with van der Waals surface area (Å²) in [6.07, 6.45) is 15.0. The average molecular weight is 276 g/mol. The van der Waals surface area contributed by atoms with Gasteiger partial charge in [0.15, 0.2) is 0 Å². The summed E-state index contributed by atoms with van der Waals surface area (Å²) in [5.41, 5.74) is 0. The van der Waals surface area contributed by atoms with Crippen LogP contribution >= 0.6 is 0 Å². The molecular formula is C14H28O2Ti. The molecule has 2 aliphatic rings. The van der Waals surface area contributed by atoms with Gasteiger partial charge in [0.2, 0.25) is 0 Å². The first-order valence-corrected chi connectivity index (χ1v) is 5.47. The summed E-state index contributed by atoms with van der Waals surface area (Å²) in [4.78, 5) is 15.5. The Morgan fingerprint density at radius 3 is 0.529 bits per heavy atom.